The van der Waals surface area contributed by atoms with Crippen molar-refractivity contribution in [2.75, 3.05) is 11.4 Å². The normalized spacial score (nSPS) is 14.0. The number of para-hydroxylation sites is 2. The topological polar surface area (TPSA) is 79.3 Å². The number of rotatable bonds is 4. The van der Waals surface area contributed by atoms with Gasteiger partial charge >= 0.3 is 6.03 Å². The first-order valence-corrected chi connectivity index (χ1v) is 9.47. The zero-order chi connectivity index (χ0) is 19.7. The Bertz CT molecular complexity index is 1050. The number of fused-ring (bicyclic) bond motifs is 3. The molecule has 1 atom stereocenters. The van der Waals surface area contributed by atoms with E-state index in [9.17, 15) is 9.59 Å². The molecule has 8 heteroatoms. The molecule has 0 aliphatic carbocycles. The van der Waals surface area contributed by atoms with Gasteiger partial charge in [-0.05, 0) is 30.7 Å². The fourth-order valence-electron chi connectivity index (χ4n) is 3.29. The molecule has 28 heavy (non-hydrogen) atoms. The summed E-state index contributed by atoms with van der Waals surface area (Å²) >= 11 is 6.10. The van der Waals surface area contributed by atoms with Gasteiger partial charge in [0.1, 0.15) is 6.04 Å². The molecule has 0 fully saturated rings. The average Bonchev–Trinajstić information content (AvgIpc) is 3.26. The van der Waals surface area contributed by atoms with Gasteiger partial charge in [0.15, 0.2) is 0 Å². The average molecular weight is 398 g/mol. The minimum Gasteiger partial charge on any atom is -0.350 e. The number of benzene rings is 2. The molecule has 2 aromatic carbocycles. The van der Waals surface area contributed by atoms with Crippen molar-refractivity contribution in [3.05, 3.63) is 59.1 Å². The maximum Gasteiger partial charge on any atom is 0.324 e. The molecule has 3 amide bonds. The Morgan fingerprint density at radius 1 is 1.14 bits per heavy atom. The number of nitrogens with zero attached hydrogens (tertiary/aromatic N) is 3. The maximum atomic E-state index is 12.7. The van der Waals surface area contributed by atoms with Gasteiger partial charge in [-0.25, -0.2) is 9.78 Å². The van der Waals surface area contributed by atoms with Crippen LogP contribution >= 0.6 is 11.6 Å². The van der Waals surface area contributed by atoms with Gasteiger partial charge in [-0.2, -0.15) is 0 Å². The van der Waals surface area contributed by atoms with E-state index in [0.717, 1.165) is 16.6 Å². The first kappa shape index (κ1) is 18.3. The number of anilines is 1. The van der Waals surface area contributed by atoms with Crippen molar-refractivity contribution in [3.63, 3.8) is 0 Å². The van der Waals surface area contributed by atoms with Gasteiger partial charge in [0, 0.05) is 24.7 Å². The van der Waals surface area contributed by atoms with E-state index >= 15 is 0 Å². The molecule has 144 valence electrons. The third kappa shape index (κ3) is 3.41. The number of hydrogen-bond acceptors (Lipinski definition) is 3. The largest absolute Gasteiger partial charge is 0.350 e. The van der Waals surface area contributed by atoms with Crippen LogP contribution in [0.5, 0.6) is 0 Å². The molecule has 2 N–H and O–H groups in total. The summed E-state index contributed by atoms with van der Waals surface area (Å²) in [5.74, 6) is 0.323. The van der Waals surface area contributed by atoms with E-state index in [-0.39, 0.29) is 11.9 Å². The lowest BCUT2D eigenvalue weighted by atomic mass is 10.2. The molecular weight excluding hydrogens is 378 g/mol. The van der Waals surface area contributed by atoms with Crippen LogP contribution in [-0.2, 0) is 17.9 Å². The summed E-state index contributed by atoms with van der Waals surface area (Å²) in [5.41, 5.74) is 2.67. The van der Waals surface area contributed by atoms with Crippen molar-refractivity contribution < 1.29 is 9.59 Å². The maximum absolute atomic E-state index is 12.7. The van der Waals surface area contributed by atoms with E-state index in [2.05, 4.69) is 15.6 Å². The lowest BCUT2D eigenvalue weighted by Gasteiger charge is -2.19. The molecule has 7 nitrogen and oxygen atoms in total. The molecule has 0 saturated heterocycles. The summed E-state index contributed by atoms with van der Waals surface area (Å²) in [5, 5.41) is 6.14. The third-order valence-electron chi connectivity index (χ3n) is 4.81. The number of nitrogens with one attached hydrogen (secondary N) is 2. The molecule has 1 aliphatic heterocycles. The highest BCUT2D eigenvalue weighted by Gasteiger charge is 2.29. The Kier molecular flexibility index (Phi) is 4.92. The van der Waals surface area contributed by atoms with E-state index in [1.165, 1.54) is 0 Å². The highest BCUT2D eigenvalue weighted by molar-refractivity contribution is 6.31. The summed E-state index contributed by atoms with van der Waals surface area (Å²) < 4.78 is 2.01. The number of carbonyl (C=O) groups excluding carboxylic acids is 2. The van der Waals surface area contributed by atoms with Crippen LogP contribution < -0.4 is 15.5 Å². The molecule has 1 aliphatic rings. The van der Waals surface area contributed by atoms with Crippen molar-refractivity contribution in [2.24, 2.45) is 0 Å². The molecule has 0 unspecified atom stereocenters. The van der Waals surface area contributed by atoms with E-state index in [1.54, 1.807) is 17.9 Å². The van der Waals surface area contributed by atoms with Crippen LogP contribution in [0.3, 0.4) is 0 Å². The summed E-state index contributed by atoms with van der Waals surface area (Å²) in [6, 6.07) is 14.1. The number of imidazole rings is 1. The van der Waals surface area contributed by atoms with Crippen LogP contribution in [-0.4, -0.2) is 34.1 Å². The Morgan fingerprint density at radius 3 is 2.71 bits per heavy atom. The molecule has 4 rings (SSSR count). The predicted octanol–water partition coefficient (Wildman–Crippen LogP) is 2.92. The number of halogens is 1. The molecule has 0 radical (unpaired) electrons. The number of amides is 3. The lowest BCUT2D eigenvalue weighted by molar-refractivity contribution is -0.122. The zero-order valence-electron chi connectivity index (χ0n) is 15.4. The SMILES string of the molecule is C[C@H](NC(=O)N1CCn2c1nc1ccccc12)C(=O)NCc1ccccc1Cl. The van der Waals surface area contributed by atoms with Crippen molar-refractivity contribution in [1.29, 1.82) is 0 Å². The van der Waals surface area contributed by atoms with Gasteiger partial charge in [-0.1, -0.05) is 41.9 Å². The number of carbonyl (C=O) groups is 2. The van der Waals surface area contributed by atoms with Gasteiger partial charge < -0.3 is 15.2 Å². The second kappa shape index (κ2) is 7.52. The van der Waals surface area contributed by atoms with Crippen LogP contribution in [0.25, 0.3) is 11.0 Å². The van der Waals surface area contributed by atoms with Gasteiger partial charge in [-0.3, -0.25) is 9.69 Å². The minimum atomic E-state index is -0.687. The smallest absolute Gasteiger partial charge is 0.324 e. The molecular formula is C20H20ClN5O2. The standard InChI is InChI=1S/C20H20ClN5O2/c1-13(18(27)22-12-14-6-2-3-7-15(14)21)23-20(28)26-11-10-25-17-9-5-4-8-16(17)24-19(25)26/h2-9,13H,10-12H2,1H3,(H,22,27)(H,23,28)/t13-/m0/s1. The second-order valence-electron chi connectivity index (χ2n) is 6.68. The minimum absolute atomic E-state index is 0.277. The highest BCUT2D eigenvalue weighted by atomic mass is 35.5. The fourth-order valence-corrected chi connectivity index (χ4v) is 3.49. The van der Waals surface area contributed by atoms with Gasteiger partial charge in [0.25, 0.3) is 0 Å². The van der Waals surface area contributed by atoms with Gasteiger partial charge in [0.05, 0.1) is 11.0 Å². The van der Waals surface area contributed by atoms with Crippen LogP contribution in [0.4, 0.5) is 10.7 Å². The molecule has 2 heterocycles. The summed E-state index contributed by atoms with van der Waals surface area (Å²) in [6.45, 7) is 3.15. The molecule has 1 aromatic heterocycles. The zero-order valence-corrected chi connectivity index (χ0v) is 16.1. The van der Waals surface area contributed by atoms with E-state index < -0.39 is 6.04 Å². The Labute approximate surface area is 167 Å². The number of aromatic nitrogens is 2. The van der Waals surface area contributed by atoms with Crippen LogP contribution in [0.15, 0.2) is 48.5 Å². The van der Waals surface area contributed by atoms with Crippen molar-refractivity contribution in [3.8, 4) is 0 Å². The van der Waals surface area contributed by atoms with Crippen LogP contribution in [0.2, 0.25) is 5.02 Å². The number of hydrogen-bond donors (Lipinski definition) is 2. The summed E-state index contributed by atoms with van der Waals surface area (Å²) in [4.78, 5) is 31.2. The number of urea groups is 1. The first-order valence-electron chi connectivity index (χ1n) is 9.09. The summed E-state index contributed by atoms with van der Waals surface area (Å²) in [7, 11) is 0. The molecule has 0 spiro atoms. The van der Waals surface area contributed by atoms with E-state index in [0.29, 0.717) is 30.6 Å². The quantitative estimate of drug-likeness (QED) is 0.710. The highest BCUT2D eigenvalue weighted by Crippen LogP contribution is 2.27. The molecule has 0 saturated carbocycles. The van der Waals surface area contributed by atoms with E-state index in [1.807, 2.05) is 47.0 Å². The Balaban J connectivity index is 1.39. The molecule has 3 aromatic rings. The molecule has 0 bridgehead atoms. The van der Waals surface area contributed by atoms with Crippen molar-refractivity contribution in [1.82, 2.24) is 20.2 Å². The predicted molar refractivity (Wildman–Crippen MR) is 108 cm³/mol. The Morgan fingerprint density at radius 2 is 1.89 bits per heavy atom. The lowest BCUT2D eigenvalue weighted by Crippen LogP contribution is -2.49. The van der Waals surface area contributed by atoms with Crippen LogP contribution in [0, 0.1) is 0 Å². The third-order valence-corrected chi connectivity index (χ3v) is 5.18. The van der Waals surface area contributed by atoms with E-state index in [4.69, 9.17) is 11.6 Å². The Hall–Kier alpha value is -3.06. The van der Waals surface area contributed by atoms with Crippen molar-refractivity contribution in [2.45, 2.75) is 26.1 Å². The fraction of sp³-hybridized carbons (Fsp3) is 0.250. The second-order valence-corrected chi connectivity index (χ2v) is 7.09. The monoisotopic (exact) mass is 397 g/mol. The van der Waals surface area contributed by atoms with Crippen LogP contribution in [0.1, 0.15) is 12.5 Å². The van der Waals surface area contributed by atoms with Gasteiger partial charge in [-0.15, -0.1) is 0 Å². The first-order chi connectivity index (χ1) is 13.5. The van der Waals surface area contributed by atoms with Gasteiger partial charge in [0.2, 0.25) is 11.9 Å². The summed E-state index contributed by atoms with van der Waals surface area (Å²) in [6.07, 6.45) is 0. The van der Waals surface area contributed by atoms with Crippen molar-refractivity contribution >= 4 is 40.5 Å².